The second-order valence-electron chi connectivity index (χ2n) is 5.07. The average Bonchev–Trinajstić information content (AvgIpc) is 2.43. The molecule has 0 unspecified atom stereocenters. The molecule has 5 heteroatoms. The highest BCUT2D eigenvalue weighted by atomic mass is 16.7. The number of nitrogens with zero attached hydrogens (tertiary/aromatic N) is 2. The maximum absolute atomic E-state index is 5.29. The fourth-order valence-electron chi connectivity index (χ4n) is 2.75. The molecular weight excluding hydrogens is 230 g/mol. The number of amidine groups is 1. The molecule has 0 aromatic rings. The summed E-state index contributed by atoms with van der Waals surface area (Å²) in [5.41, 5.74) is 0. The maximum Gasteiger partial charge on any atom is 0.218 e. The van der Waals surface area contributed by atoms with E-state index in [1.54, 1.807) is 14.2 Å². The van der Waals surface area contributed by atoms with Crippen LogP contribution in [0, 0.1) is 5.92 Å². The predicted molar refractivity (Wildman–Crippen MR) is 71.6 cm³/mol. The Morgan fingerprint density at radius 1 is 1.33 bits per heavy atom. The van der Waals surface area contributed by atoms with Gasteiger partial charge in [-0.15, -0.1) is 0 Å². The number of hydrogen-bond donors (Lipinski definition) is 1. The molecule has 0 radical (unpaired) electrons. The molecule has 2 aliphatic rings. The summed E-state index contributed by atoms with van der Waals surface area (Å²) in [6.07, 6.45) is 4.49. The van der Waals surface area contributed by atoms with Gasteiger partial charge in [0.25, 0.3) is 0 Å². The quantitative estimate of drug-likeness (QED) is 0.746. The van der Waals surface area contributed by atoms with E-state index < -0.39 is 0 Å². The van der Waals surface area contributed by atoms with Crippen molar-refractivity contribution in [2.45, 2.75) is 32.1 Å². The van der Waals surface area contributed by atoms with Crippen molar-refractivity contribution in [3.8, 4) is 0 Å². The van der Waals surface area contributed by atoms with Crippen LogP contribution in [-0.2, 0) is 9.47 Å². The van der Waals surface area contributed by atoms with E-state index in [4.69, 9.17) is 9.47 Å². The molecule has 0 aromatic heterocycles. The van der Waals surface area contributed by atoms with E-state index in [0.29, 0.717) is 0 Å². The van der Waals surface area contributed by atoms with E-state index in [1.807, 2.05) is 0 Å². The second-order valence-corrected chi connectivity index (χ2v) is 5.07. The van der Waals surface area contributed by atoms with Gasteiger partial charge in [-0.05, 0) is 25.2 Å². The van der Waals surface area contributed by atoms with Crippen LogP contribution in [0.1, 0.15) is 25.7 Å². The number of likely N-dealkylation sites (tertiary alicyclic amines) is 1. The molecule has 5 nitrogen and oxygen atoms in total. The van der Waals surface area contributed by atoms with Crippen molar-refractivity contribution < 1.29 is 9.47 Å². The number of hydrogen-bond acceptors (Lipinski definition) is 5. The molecule has 18 heavy (non-hydrogen) atoms. The largest absolute Gasteiger partial charge is 0.374 e. The first-order chi connectivity index (χ1) is 8.83. The zero-order valence-corrected chi connectivity index (χ0v) is 11.5. The SMILES string of the molecule is COC(OC)N1CCC(CC2=NCCCN2)CC1. The Labute approximate surface area is 110 Å². The summed E-state index contributed by atoms with van der Waals surface area (Å²) >= 11 is 0. The van der Waals surface area contributed by atoms with E-state index in [2.05, 4.69) is 15.2 Å². The number of aliphatic imine (C=N–C) groups is 1. The standard InChI is InChI=1S/C13H25N3O2/c1-17-13(18-2)16-8-4-11(5-9-16)10-12-14-6-3-7-15-12/h11,13H,3-10H2,1-2H3,(H,14,15). The summed E-state index contributed by atoms with van der Waals surface area (Å²) in [6.45, 7) is 4.18. The Morgan fingerprint density at radius 2 is 2.06 bits per heavy atom. The van der Waals surface area contributed by atoms with E-state index in [1.165, 1.54) is 25.1 Å². The lowest BCUT2D eigenvalue weighted by Crippen LogP contribution is -2.44. The smallest absolute Gasteiger partial charge is 0.218 e. The van der Waals surface area contributed by atoms with Crippen molar-refractivity contribution in [3.63, 3.8) is 0 Å². The monoisotopic (exact) mass is 255 g/mol. The molecule has 0 spiro atoms. The van der Waals surface area contributed by atoms with Crippen molar-refractivity contribution in [3.05, 3.63) is 0 Å². The van der Waals surface area contributed by atoms with Crippen molar-refractivity contribution >= 4 is 5.84 Å². The van der Waals surface area contributed by atoms with Gasteiger partial charge in [-0.3, -0.25) is 9.89 Å². The van der Waals surface area contributed by atoms with E-state index in [9.17, 15) is 0 Å². The van der Waals surface area contributed by atoms with Crippen LogP contribution in [0.2, 0.25) is 0 Å². The highest BCUT2D eigenvalue weighted by Gasteiger charge is 2.25. The summed E-state index contributed by atoms with van der Waals surface area (Å²) in [5.74, 6) is 1.97. The Hall–Kier alpha value is -0.650. The molecule has 0 atom stereocenters. The summed E-state index contributed by atoms with van der Waals surface area (Å²) in [6, 6.07) is 0. The molecular formula is C13H25N3O2. The molecule has 2 rings (SSSR count). The number of ether oxygens (including phenoxy) is 2. The first kappa shape index (κ1) is 13.8. The molecule has 0 aromatic carbocycles. The molecule has 1 saturated heterocycles. The second kappa shape index (κ2) is 7.07. The van der Waals surface area contributed by atoms with Crippen molar-refractivity contribution in [2.24, 2.45) is 10.9 Å². The van der Waals surface area contributed by atoms with Crippen LogP contribution < -0.4 is 5.32 Å². The van der Waals surface area contributed by atoms with Crippen molar-refractivity contribution in [1.82, 2.24) is 10.2 Å². The van der Waals surface area contributed by atoms with Gasteiger partial charge in [-0.2, -0.15) is 0 Å². The summed E-state index contributed by atoms with van der Waals surface area (Å²) in [5, 5.41) is 3.41. The minimum absolute atomic E-state index is 0.184. The molecule has 104 valence electrons. The van der Waals surface area contributed by atoms with Crippen molar-refractivity contribution in [1.29, 1.82) is 0 Å². The van der Waals surface area contributed by atoms with Gasteiger partial charge in [-0.25, -0.2) is 0 Å². The molecule has 0 saturated carbocycles. The fourth-order valence-corrected chi connectivity index (χ4v) is 2.75. The summed E-state index contributed by atoms with van der Waals surface area (Å²) in [7, 11) is 3.39. The number of piperidine rings is 1. The molecule has 1 fully saturated rings. The molecule has 2 heterocycles. The third-order valence-electron chi connectivity index (χ3n) is 3.80. The van der Waals surface area contributed by atoms with Gasteiger partial charge in [0, 0.05) is 46.8 Å². The normalized spacial score (nSPS) is 22.9. The Bertz CT molecular complexity index is 271. The first-order valence-electron chi connectivity index (χ1n) is 6.90. The number of rotatable bonds is 5. The van der Waals surface area contributed by atoms with Gasteiger partial charge in [-0.1, -0.05) is 0 Å². The summed E-state index contributed by atoms with van der Waals surface area (Å²) < 4.78 is 10.6. The zero-order chi connectivity index (χ0) is 12.8. The Morgan fingerprint density at radius 3 is 2.61 bits per heavy atom. The van der Waals surface area contributed by atoms with E-state index in [0.717, 1.165) is 38.5 Å². The number of methoxy groups -OCH3 is 2. The number of nitrogens with one attached hydrogen (secondary N) is 1. The van der Waals surface area contributed by atoms with Crippen LogP contribution >= 0.6 is 0 Å². The average molecular weight is 255 g/mol. The highest BCUT2D eigenvalue weighted by molar-refractivity contribution is 5.82. The van der Waals surface area contributed by atoms with Gasteiger partial charge in [0.2, 0.25) is 6.41 Å². The van der Waals surface area contributed by atoms with Crippen LogP contribution in [0.4, 0.5) is 0 Å². The zero-order valence-electron chi connectivity index (χ0n) is 11.5. The van der Waals surface area contributed by atoms with Crippen LogP contribution in [0.25, 0.3) is 0 Å². The van der Waals surface area contributed by atoms with Crippen LogP contribution in [0.5, 0.6) is 0 Å². The Kier molecular flexibility index (Phi) is 5.41. The van der Waals surface area contributed by atoms with Crippen LogP contribution in [0.3, 0.4) is 0 Å². The maximum atomic E-state index is 5.29. The molecule has 1 N–H and O–H groups in total. The molecule has 0 aliphatic carbocycles. The highest BCUT2D eigenvalue weighted by Crippen LogP contribution is 2.22. The minimum atomic E-state index is -0.184. The van der Waals surface area contributed by atoms with Gasteiger partial charge in [0.05, 0.1) is 5.84 Å². The third-order valence-corrected chi connectivity index (χ3v) is 3.80. The van der Waals surface area contributed by atoms with Crippen LogP contribution in [0.15, 0.2) is 4.99 Å². The van der Waals surface area contributed by atoms with Crippen LogP contribution in [-0.4, -0.2) is 57.5 Å². The van der Waals surface area contributed by atoms with Gasteiger partial charge in [0.15, 0.2) is 0 Å². The Balaban J connectivity index is 1.74. The lowest BCUT2D eigenvalue weighted by molar-refractivity contribution is -0.202. The minimum Gasteiger partial charge on any atom is -0.374 e. The molecule has 0 amide bonds. The van der Waals surface area contributed by atoms with E-state index in [-0.39, 0.29) is 6.41 Å². The lowest BCUT2D eigenvalue weighted by atomic mass is 9.93. The van der Waals surface area contributed by atoms with Crippen molar-refractivity contribution in [2.75, 3.05) is 40.4 Å². The van der Waals surface area contributed by atoms with E-state index >= 15 is 0 Å². The fraction of sp³-hybridized carbons (Fsp3) is 0.923. The summed E-state index contributed by atoms with van der Waals surface area (Å²) in [4.78, 5) is 6.81. The van der Waals surface area contributed by atoms with Gasteiger partial charge >= 0.3 is 0 Å². The lowest BCUT2D eigenvalue weighted by Gasteiger charge is -2.35. The molecule has 0 bridgehead atoms. The predicted octanol–water partition coefficient (Wildman–Crippen LogP) is 1.06. The van der Waals surface area contributed by atoms with Gasteiger partial charge < -0.3 is 14.8 Å². The first-order valence-corrected chi connectivity index (χ1v) is 6.90. The topological polar surface area (TPSA) is 46.1 Å². The third kappa shape index (κ3) is 3.67. The molecule has 2 aliphatic heterocycles. The van der Waals surface area contributed by atoms with Gasteiger partial charge in [0.1, 0.15) is 0 Å².